The first-order chi connectivity index (χ1) is 15.5. The number of ketones is 1. The molecule has 0 aliphatic rings. The molecular formula is C23H25N3O6. The Labute approximate surface area is 185 Å². The predicted octanol–water partition coefficient (Wildman–Crippen LogP) is 4.39. The lowest BCUT2D eigenvalue weighted by Crippen LogP contribution is -2.12. The molecule has 0 aliphatic heterocycles. The molecule has 1 heterocycles. The second kappa shape index (κ2) is 10.4. The van der Waals surface area contributed by atoms with Gasteiger partial charge in [-0.15, -0.1) is 5.10 Å². The Morgan fingerprint density at radius 3 is 1.97 bits per heavy atom. The summed E-state index contributed by atoms with van der Waals surface area (Å²) in [6.07, 6.45) is 0. The van der Waals surface area contributed by atoms with Gasteiger partial charge in [0.15, 0.2) is 17.3 Å². The zero-order valence-electron chi connectivity index (χ0n) is 18.4. The van der Waals surface area contributed by atoms with E-state index in [1.54, 1.807) is 36.4 Å². The van der Waals surface area contributed by atoms with Crippen molar-refractivity contribution in [3.05, 3.63) is 47.5 Å². The number of amides is 1. The minimum atomic E-state index is -0.438. The SMILES string of the molecule is CCOc1cc(-c2nnc(NC(=O)c3ccc(C(C)=O)cc3)o2)cc(OCC)c1OCC. The van der Waals surface area contributed by atoms with E-state index >= 15 is 0 Å². The summed E-state index contributed by atoms with van der Waals surface area (Å²) in [6.45, 7) is 8.39. The molecule has 9 heteroatoms. The van der Waals surface area contributed by atoms with Crippen molar-refractivity contribution in [2.45, 2.75) is 27.7 Å². The van der Waals surface area contributed by atoms with Gasteiger partial charge in [0.1, 0.15) is 0 Å². The van der Waals surface area contributed by atoms with Crippen molar-refractivity contribution < 1.29 is 28.2 Å². The van der Waals surface area contributed by atoms with Crippen molar-refractivity contribution >= 4 is 17.7 Å². The molecule has 0 saturated heterocycles. The van der Waals surface area contributed by atoms with E-state index in [1.807, 2.05) is 20.8 Å². The molecule has 0 saturated carbocycles. The molecule has 9 nitrogen and oxygen atoms in total. The summed E-state index contributed by atoms with van der Waals surface area (Å²) in [7, 11) is 0. The summed E-state index contributed by atoms with van der Waals surface area (Å²) >= 11 is 0. The number of rotatable bonds is 10. The van der Waals surface area contributed by atoms with Gasteiger partial charge < -0.3 is 18.6 Å². The average molecular weight is 439 g/mol. The summed E-state index contributed by atoms with van der Waals surface area (Å²) in [6, 6.07) is 9.65. The number of carbonyl (C=O) groups excluding carboxylic acids is 2. The predicted molar refractivity (Wildman–Crippen MR) is 118 cm³/mol. The van der Waals surface area contributed by atoms with E-state index < -0.39 is 5.91 Å². The molecule has 0 bridgehead atoms. The van der Waals surface area contributed by atoms with Crippen LogP contribution in [0.3, 0.4) is 0 Å². The number of hydrogen-bond donors (Lipinski definition) is 1. The highest BCUT2D eigenvalue weighted by Crippen LogP contribution is 2.41. The topological polar surface area (TPSA) is 113 Å². The third-order valence-electron chi connectivity index (χ3n) is 4.36. The zero-order chi connectivity index (χ0) is 23.1. The molecule has 0 unspecified atom stereocenters. The molecule has 3 aromatic rings. The van der Waals surface area contributed by atoms with Gasteiger partial charge >= 0.3 is 6.01 Å². The molecule has 168 valence electrons. The average Bonchev–Trinajstić information content (AvgIpc) is 3.24. The fourth-order valence-electron chi connectivity index (χ4n) is 2.93. The fraction of sp³-hybridized carbons (Fsp3) is 0.304. The number of carbonyl (C=O) groups is 2. The molecule has 1 aromatic heterocycles. The van der Waals surface area contributed by atoms with E-state index in [0.717, 1.165) is 0 Å². The van der Waals surface area contributed by atoms with Crippen LogP contribution < -0.4 is 19.5 Å². The number of Topliss-reactive ketones (excluding diaryl/α,β-unsaturated/α-hetero) is 1. The van der Waals surface area contributed by atoms with Gasteiger partial charge in [-0.3, -0.25) is 14.9 Å². The van der Waals surface area contributed by atoms with E-state index in [4.69, 9.17) is 18.6 Å². The van der Waals surface area contributed by atoms with Gasteiger partial charge in [-0.1, -0.05) is 17.2 Å². The Morgan fingerprint density at radius 1 is 0.875 bits per heavy atom. The summed E-state index contributed by atoms with van der Waals surface area (Å²) in [5.41, 5.74) is 1.43. The summed E-state index contributed by atoms with van der Waals surface area (Å²) < 4.78 is 22.7. The highest BCUT2D eigenvalue weighted by molar-refractivity contribution is 6.04. The molecule has 1 N–H and O–H groups in total. The number of ether oxygens (including phenoxy) is 3. The highest BCUT2D eigenvalue weighted by Gasteiger charge is 2.19. The molecule has 0 fully saturated rings. The second-order valence-electron chi connectivity index (χ2n) is 6.60. The third kappa shape index (κ3) is 5.23. The minimum absolute atomic E-state index is 0.0644. The first-order valence-corrected chi connectivity index (χ1v) is 10.3. The van der Waals surface area contributed by atoms with E-state index in [-0.39, 0.29) is 17.7 Å². The smallest absolute Gasteiger partial charge is 0.322 e. The molecule has 0 atom stereocenters. The molecule has 3 rings (SSSR count). The monoisotopic (exact) mass is 439 g/mol. The number of nitrogens with zero attached hydrogens (tertiary/aromatic N) is 2. The molecular weight excluding hydrogens is 414 g/mol. The van der Waals surface area contributed by atoms with Crippen LogP contribution in [0.1, 0.15) is 48.4 Å². The van der Waals surface area contributed by atoms with Gasteiger partial charge in [-0.05, 0) is 52.0 Å². The lowest BCUT2D eigenvalue weighted by atomic mass is 10.1. The fourth-order valence-corrected chi connectivity index (χ4v) is 2.93. The molecule has 1 amide bonds. The Bertz CT molecular complexity index is 1060. The molecule has 0 spiro atoms. The van der Waals surface area contributed by atoms with Gasteiger partial charge in [-0.2, -0.15) is 0 Å². The zero-order valence-corrected chi connectivity index (χ0v) is 18.4. The van der Waals surface area contributed by atoms with Crippen molar-refractivity contribution in [2.75, 3.05) is 25.1 Å². The number of benzene rings is 2. The van der Waals surface area contributed by atoms with Crippen molar-refractivity contribution in [3.8, 4) is 28.7 Å². The largest absolute Gasteiger partial charge is 0.490 e. The Morgan fingerprint density at radius 2 is 1.44 bits per heavy atom. The van der Waals surface area contributed by atoms with Crippen LogP contribution in [-0.4, -0.2) is 41.7 Å². The van der Waals surface area contributed by atoms with Crippen molar-refractivity contribution in [1.29, 1.82) is 0 Å². The molecule has 2 aromatic carbocycles. The number of hydrogen-bond acceptors (Lipinski definition) is 8. The summed E-state index contributed by atoms with van der Waals surface area (Å²) in [5, 5.41) is 10.5. The van der Waals surface area contributed by atoms with Gasteiger partial charge in [-0.25, -0.2) is 0 Å². The number of nitrogens with one attached hydrogen (secondary N) is 1. The molecule has 0 radical (unpaired) electrons. The summed E-state index contributed by atoms with van der Waals surface area (Å²) in [5.74, 6) is 1.15. The Balaban J connectivity index is 1.85. The van der Waals surface area contributed by atoms with Crippen LogP contribution in [0.2, 0.25) is 0 Å². The Kier molecular flexibility index (Phi) is 7.43. The molecule has 0 aliphatic carbocycles. The lowest BCUT2D eigenvalue weighted by Gasteiger charge is -2.16. The standard InChI is InChI=1S/C23H25N3O6/c1-5-29-18-12-17(13-19(30-6-2)20(18)31-7-3)22-25-26-23(32-22)24-21(28)16-10-8-15(9-11-16)14(4)27/h8-13H,5-7H2,1-4H3,(H,24,26,28). The first-order valence-electron chi connectivity index (χ1n) is 10.3. The van der Waals surface area contributed by atoms with Crippen LogP contribution in [0, 0.1) is 0 Å². The quantitative estimate of drug-likeness (QED) is 0.463. The number of aromatic nitrogens is 2. The van der Waals surface area contributed by atoms with Crippen LogP contribution in [0.5, 0.6) is 17.2 Å². The van der Waals surface area contributed by atoms with Crippen LogP contribution in [0.25, 0.3) is 11.5 Å². The maximum atomic E-state index is 12.5. The van der Waals surface area contributed by atoms with Gasteiger partial charge in [0.25, 0.3) is 5.91 Å². The van der Waals surface area contributed by atoms with Crippen LogP contribution in [0.15, 0.2) is 40.8 Å². The van der Waals surface area contributed by atoms with Gasteiger partial charge in [0.05, 0.1) is 19.8 Å². The first kappa shape index (κ1) is 22.8. The van der Waals surface area contributed by atoms with E-state index in [2.05, 4.69) is 15.5 Å². The van der Waals surface area contributed by atoms with Crippen LogP contribution >= 0.6 is 0 Å². The third-order valence-corrected chi connectivity index (χ3v) is 4.36. The van der Waals surface area contributed by atoms with E-state index in [0.29, 0.717) is 53.8 Å². The maximum absolute atomic E-state index is 12.5. The van der Waals surface area contributed by atoms with Crippen molar-refractivity contribution in [1.82, 2.24) is 10.2 Å². The molecule has 32 heavy (non-hydrogen) atoms. The number of anilines is 1. The summed E-state index contributed by atoms with van der Waals surface area (Å²) in [4.78, 5) is 23.8. The maximum Gasteiger partial charge on any atom is 0.322 e. The van der Waals surface area contributed by atoms with Crippen molar-refractivity contribution in [3.63, 3.8) is 0 Å². The van der Waals surface area contributed by atoms with E-state index in [1.165, 1.54) is 6.92 Å². The minimum Gasteiger partial charge on any atom is -0.490 e. The van der Waals surface area contributed by atoms with Crippen LogP contribution in [0.4, 0.5) is 6.01 Å². The van der Waals surface area contributed by atoms with E-state index in [9.17, 15) is 9.59 Å². The van der Waals surface area contributed by atoms with Gasteiger partial charge in [0, 0.05) is 16.7 Å². The van der Waals surface area contributed by atoms with Gasteiger partial charge in [0.2, 0.25) is 11.6 Å². The Hall–Kier alpha value is -3.88. The normalized spacial score (nSPS) is 10.5. The van der Waals surface area contributed by atoms with Crippen molar-refractivity contribution in [2.24, 2.45) is 0 Å². The second-order valence-corrected chi connectivity index (χ2v) is 6.60. The van der Waals surface area contributed by atoms with Crippen LogP contribution in [-0.2, 0) is 0 Å². The highest BCUT2D eigenvalue weighted by atomic mass is 16.5. The lowest BCUT2D eigenvalue weighted by molar-refractivity contribution is 0.100.